The van der Waals surface area contributed by atoms with Crippen molar-refractivity contribution in [1.82, 2.24) is 24.6 Å². The number of hydrogen-bond donors (Lipinski definition) is 1. The summed E-state index contributed by atoms with van der Waals surface area (Å²) in [5, 5.41) is 11.6. The minimum atomic E-state index is -0.420. The summed E-state index contributed by atoms with van der Waals surface area (Å²) >= 11 is 1.26. The molecule has 3 rings (SSSR count). The molecule has 2 amide bonds. The zero-order valence-corrected chi connectivity index (χ0v) is 18.8. The number of carbonyl (C=O) groups is 2. The van der Waals surface area contributed by atoms with E-state index in [9.17, 15) is 9.59 Å². The lowest BCUT2D eigenvalue weighted by atomic mass is 10.1. The number of carbonyl (C=O) groups excluding carboxylic acids is 2. The Morgan fingerprint density at radius 1 is 1.13 bits per heavy atom. The zero-order chi connectivity index (χ0) is 22.2. The zero-order valence-electron chi connectivity index (χ0n) is 17.9. The van der Waals surface area contributed by atoms with Gasteiger partial charge in [0.15, 0.2) is 11.0 Å². The van der Waals surface area contributed by atoms with Gasteiger partial charge in [-0.05, 0) is 36.6 Å². The van der Waals surface area contributed by atoms with E-state index in [2.05, 4.69) is 29.4 Å². The van der Waals surface area contributed by atoms with Crippen LogP contribution in [0.1, 0.15) is 36.6 Å². The molecule has 0 radical (unpaired) electrons. The van der Waals surface area contributed by atoms with Crippen molar-refractivity contribution in [2.24, 2.45) is 13.0 Å². The van der Waals surface area contributed by atoms with Crippen molar-refractivity contribution < 1.29 is 14.3 Å². The van der Waals surface area contributed by atoms with Crippen molar-refractivity contribution in [2.75, 3.05) is 5.75 Å². The van der Waals surface area contributed by atoms with Crippen LogP contribution < -0.4 is 10.1 Å². The van der Waals surface area contributed by atoms with Gasteiger partial charge >= 0.3 is 0 Å². The molecule has 0 atom stereocenters. The lowest BCUT2D eigenvalue weighted by Gasteiger charge is -2.12. The first-order chi connectivity index (χ1) is 14.9. The van der Waals surface area contributed by atoms with E-state index in [-0.39, 0.29) is 18.3 Å². The lowest BCUT2D eigenvalue weighted by molar-refractivity contribution is -0.117. The molecule has 0 saturated carbocycles. The van der Waals surface area contributed by atoms with Crippen molar-refractivity contribution in [2.45, 2.75) is 38.6 Å². The average molecular weight is 442 g/mol. The fourth-order valence-corrected chi connectivity index (χ4v) is 3.65. The second-order valence-electron chi connectivity index (χ2n) is 7.50. The van der Waals surface area contributed by atoms with Gasteiger partial charge in [0.05, 0.1) is 5.75 Å². The maximum atomic E-state index is 12.3. The number of imide groups is 1. The molecule has 0 aliphatic rings. The summed E-state index contributed by atoms with van der Waals surface area (Å²) in [6.07, 6.45) is 2.70. The van der Waals surface area contributed by atoms with Gasteiger partial charge in [-0.15, -0.1) is 10.2 Å². The van der Waals surface area contributed by atoms with Crippen LogP contribution in [-0.4, -0.2) is 36.9 Å². The van der Waals surface area contributed by atoms with Crippen LogP contribution in [0.2, 0.25) is 0 Å². The van der Waals surface area contributed by atoms with Crippen LogP contribution in [0.5, 0.6) is 5.75 Å². The van der Waals surface area contributed by atoms with Crippen LogP contribution in [0.4, 0.5) is 0 Å². The summed E-state index contributed by atoms with van der Waals surface area (Å²) in [7, 11) is 1.75. The summed E-state index contributed by atoms with van der Waals surface area (Å²) < 4.78 is 9.47. The molecular weight excluding hydrogens is 414 g/mol. The molecule has 0 saturated heterocycles. The topological polar surface area (TPSA) is 91.0 Å². The van der Waals surface area contributed by atoms with E-state index < -0.39 is 5.91 Å². The van der Waals surface area contributed by atoms with Gasteiger partial charge < -0.3 is 13.9 Å². The molecule has 1 N–H and O–H groups in total. The number of benzene rings is 1. The summed E-state index contributed by atoms with van der Waals surface area (Å²) in [4.78, 5) is 24.5. The Balaban J connectivity index is 1.62. The molecule has 2 heterocycles. The first kappa shape index (κ1) is 22.6. The van der Waals surface area contributed by atoms with Gasteiger partial charge in [0.2, 0.25) is 5.91 Å². The first-order valence-electron chi connectivity index (χ1n) is 10.1. The molecule has 3 aromatic rings. The number of para-hydroxylation sites is 1. The number of nitrogens with one attached hydrogen (secondary N) is 1. The largest absolute Gasteiger partial charge is 0.486 e. The fraction of sp³-hybridized carbons (Fsp3) is 0.364. The normalized spacial score (nSPS) is 11.0. The number of nitrogens with zero attached hydrogens (tertiary/aromatic N) is 4. The Hall–Kier alpha value is -3.07. The van der Waals surface area contributed by atoms with Crippen LogP contribution in [0, 0.1) is 5.92 Å². The van der Waals surface area contributed by atoms with Crippen molar-refractivity contribution in [3.05, 3.63) is 60.2 Å². The van der Waals surface area contributed by atoms with Gasteiger partial charge in [-0.1, -0.05) is 43.8 Å². The number of amides is 2. The second kappa shape index (κ2) is 10.8. The molecule has 9 heteroatoms. The molecule has 1 aromatic carbocycles. The third-order valence-electron chi connectivity index (χ3n) is 4.60. The molecule has 164 valence electrons. The molecule has 0 fully saturated rings. The summed E-state index contributed by atoms with van der Waals surface area (Å²) in [5.74, 6) is 1.23. The molecule has 31 heavy (non-hydrogen) atoms. The van der Waals surface area contributed by atoms with E-state index in [1.54, 1.807) is 29.9 Å². The van der Waals surface area contributed by atoms with Gasteiger partial charge in [-0.25, -0.2) is 0 Å². The third-order valence-corrected chi connectivity index (χ3v) is 5.56. The van der Waals surface area contributed by atoms with Crippen molar-refractivity contribution in [3.63, 3.8) is 0 Å². The van der Waals surface area contributed by atoms with E-state index in [1.807, 2.05) is 34.9 Å². The van der Waals surface area contributed by atoms with E-state index in [0.717, 1.165) is 18.7 Å². The minimum absolute atomic E-state index is 0.0650. The Morgan fingerprint density at radius 2 is 1.90 bits per heavy atom. The summed E-state index contributed by atoms with van der Waals surface area (Å²) in [6.45, 7) is 5.32. The Morgan fingerprint density at radius 3 is 2.58 bits per heavy atom. The van der Waals surface area contributed by atoms with Crippen LogP contribution in [0.3, 0.4) is 0 Å². The predicted molar refractivity (Wildman–Crippen MR) is 119 cm³/mol. The number of hydrogen-bond acceptors (Lipinski definition) is 6. The number of thioether (sulfide) groups is 1. The summed E-state index contributed by atoms with van der Waals surface area (Å²) in [5.41, 5.74) is 0.429. The SMILES string of the molecule is CC(C)CCn1c(COc2ccccc2)nnc1SCC(=O)NC(=O)c1cccn1C. The minimum Gasteiger partial charge on any atom is -0.486 e. The van der Waals surface area contributed by atoms with E-state index in [1.165, 1.54) is 11.8 Å². The van der Waals surface area contributed by atoms with Gasteiger partial charge in [0, 0.05) is 19.8 Å². The van der Waals surface area contributed by atoms with Crippen molar-refractivity contribution >= 4 is 23.6 Å². The summed E-state index contributed by atoms with van der Waals surface area (Å²) in [6, 6.07) is 12.9. The third kappa shape index (κ3) is 6.45. The van der Waals surface area contributed by atoms with Gasteiger partial charge in [-0.2, -0.15) is 0 Å². The average Bonchev–Trinajstić information content (AvgIpc) is 3.35. The smallest absolute Gasteiger partial charge is 0.274 e. The van der Waals surface area contributed by atoms with Gasteiger partial charge in [0.25, 0.3) is 5.91 Å². The van der Waals surface area contributed by atoms with Crippen LogP contribution in [0.15, 0.2) is 53.8 Å². The highest BCUT2D eigenvalue weighted by Gasteiger charge is 2.17. The molecule has 0 spiro atoms. The molecule has 0 aliphatic heterocycles. The van der Waals surface area contributed by atoms with Gasteiger partial charge in [0.1, 0.15) is 18.1 Å². The molecular formula is C22H27N5O3S. The van der Waals surface area contributed by atoms with Crippen LogP contribution in [-0.2, 0) is 25.0 Å². The van der Waals surface area contributed by atoms with E-state index in [0.29, 0.717) is 22.6 Å². The maximum Gasteiger partial charge on any atom is 0.274 e. The second-order valence-corrected chi connectivity index (χ2v) is 8.45. The molecule has 2 aromatic heterocycles. The standard InChI is InChI=1S/C22H27N5O3S/c1-16(2)11-13-27-19(14-30-17-8-5-4-6-9-17)24-25-22(27)31-15-20(28)23-21(29)18-10-7-12-26(18)3/h4-10,12,16H,11,13-15H2,1-3H3,(H,23,28,29). The Labute approximate surface area is 186 Å². The number of rotatable bonds is 10. The highest BCUT2D eigenvalue weighted by Crippen LogP contribution is 2.20. The highest BCUT2D eigenvalue weighted by atomic mass is 32.2. The number of ether oxygens (including phenoxy) is 1. The monoisotopic (exact) mass is 441 g/mol. The molecule has 0 aliphatic carbocycles. The lowest BCUT2D eigenvalue weighted by Crippen LogP contribution is -2.33. The fourth-order valence-electron chi connectivity index (χ4n) is 2.86. The van der Waals surface area contributed by atoms with E-state index in [4.69, 9.17) is 4.74 Å². The van der Waals surface area contributed by atoms with E-state index >= 15 is 0 Å². The van der Waals surface area contributed by atoms with Crippen molar-refractivity contribution in [1.29, 1.82) is 0 Å². The molecule has 8 nitrogen and oxygen atoms in total. The van der Waals surface area contributed by atoms with Crippen LogP contribution >= 0.6 is 11.8 Å². The maximum absolute atomic E-state index is 12.3. The highest BCUT2D eigenvalue weighted by molar-refractivity contribution is 7.99. The Kier molecular flexibility index (Phi) is 7.88. The molecule has 0 bridgehead atoms. The number of aryl methyl sites for hydroxylation is 1. The molecule has 0 unspecified atom stereocenters. The predicted octanol–water partition coefficient (Wildman–Crippen LogP) is 3.29. The quantitative estimate of drug-likeness (QED) is 0.486. The Bertz CT molecular complexity index is 1010. The van der Waals surface area contributed by atoms with Crippen molar-refractivity contribution in [3.8, 4) is 5.75 Å². The first-order valence-corrected chi connectivity index (χ1v) is 11.1. The van der Waals surface area contributed by atoms with Gasteiger partial charge in [-0.3, -0.25) is 14.9 Å². The van der Waals surface area contributed by atoms with Crippen LogP contribution in [0.25, 0.3) is 0 Å². The number of aromatic nitrogens is 4.